The Morgan fingerprint density at radius 2 is 1.00 bits per heavy atom. The van der Waals surface area contributed by atoms with Crippen molar-refractivity contribution in [3.63, 3.8) is 0 Å². The summed E-state index contributed by atoms with van der Waals surface area (Å²) in [6.45, 7) is 5.60. The van der Waals surface area contributed by atoms with Crippen LogP contribution < -0.4 is 9.47 Å². The van der Waals surface area contributed by atoms with E-state index in [1.807, 2.05) is 0 Å². The molecule has 0 aliphatic carbocycles. The van der Waals surface area contributed by atoms with Gasteiger partial charge in [-0.2, -0.15) is 10.5 Å². The van der Waals surface area contributed by atoms with Gasteiger partial charge in [-0.15, -0.1) is 0 Å². The highest BCUT2D eigenvalue weighted by atomic mass is 16.5. The maximum absolute atomic E-state index is 9.37. The Kier molecular flexibility index (Phi) is 13.5. The van der Waals surface area contributed by atoms with Gasteiger partial charge in [-0.25, -0.2) is 0 Å². The van der Waals surface area contributed by atoms with Gasteiger partial charge >= 0.3 is 0 Å². The molecule has 1 aromatic rings. The summed E-state index contributed by atoms with van der Waals surface area (Å²) in [7, 11) is 0. The molecule has 0 aliphatic rings. The molecule has 0 heterocycles. The standard InChI is InChI=1S/C24H36N2O2/c1-3-5-7-9-11-13-15-27-23-18-24(22(20-26)17-21(23)19-25)28-16-14-12-10-8-6-4-2/h17-18H,3-16H2,1-2H3. The van der Waals surface area contributed by atoms with Gasteiger partial charge in [0, 0.05) is 6.07 Å². The molecule has 0 unspecified atom stereocenters. The minimum Gasteiger partial charge on any atom is -0.492 e. The lowest BCUT2D eigenvalue weighted by atomic mass is 10.1. The van der Waals surface area contributed by atoms with Crippen LogP contribution in [0.15, 0.2) is 12.1 Å². The highest BCUT2D eigenvalue weighted by Crippen LogP contribution is 2.29. The zero-order valence-corrected chi connectivity index (χ0v) is 17.8. The van der Waals surface area contributed by atoms with E-state index in [0.29, 0.717) is 35.8 Å². The summed E-state index contributed by atoms with van der Waals surface area (Å²) in [4.78, 5) is 0. The van der Waals surface area contributed by atoms with Crippen molar-refractivity contribution >= 4 is 0 Å². The van der Waals surface area contributed by atoms with E-state index in [1.165, 1.54) is 51.4 Å². The first-order valence-corrected chi connectivity index (χ1v) is 11.0. The molecular weight excluding hydrogens is 348 g/mol. The Morgan fingerprint density at radius 1 is 0.607 bits per heavy atom. The fraction of sp³-hybridized carbons (Fsp3) is 0.667. The molecule has 0 aromatic heterocycles. The molecule has 0 spiro atoms. The summed E-state index contributed by atoms with van der Waals surface area (Å²) in [6, 6.07) is 7.55. The quantitative estimate of drug-likeness (QED) is 0.290. The van der Waals surface area contributed by atoms with Gasteiger partial charge in [0.05, 0.1) is 24.3 Å². The third-order valence-corrected chi connectivity index (χ3v) is 4.83. The van der Waals surface area contributed by atoms with Crippen molar-refractivity contribution in [3.05, 3.63) is 23.3 Å². The molecule has 4 nitrogen and oxygen atoms in total. The lowest BCUT2D eigenvalue weighted by molar-refractivity contribution is 0.288. The molecular formula is C24H36N2O2. The van der Waals surface area contributed by atoms with Gasteiger partial charge in [0.15, 0.2) is 0 Å². The molecule has 4 heteroatoms. The highest BCUT2D eigenvalue weighted by Gasteiger charge is 2.12. The molecule has 0 bridgehead atoms. The van der Waals surface area contributed by atoms with E-state index < -0.39 is 0 Å². The summed E-state index contributed by atoms with van der Waals surface area (Å²) in [5, 5.41) is 18.7. The van der Waals surface area contributed by atoms with Crippen LogP contribution in [0, 0.1) is 22.7 Å². The summed E-state index contributed by atoms with van der Waals surface area (Å²) < 4.78 is 11.7. The van der Waals surface area contributed by atoms with Crippen molar-refractivity contribution in [2.75, 3.05) is 13.2 Å². The summed E-state index contributed by atoms with van der Waals surface area (Å²) in [5.41, 5.74) is 0.795. The number of nitrogens with zero attached hydrogens (tertiary/aromatic N) is 2. The monoisotopic (exact) mass is 384 g/mol. The molecule has 154 valence electrons. The van der Waals surface area contributed by atoms with Crippen molar-refractivity contribution in [1.29, 1.82) is 10.5 Å². The van der Waals surface area contributed by atoms with Gasteiger partial charge in [-0.1, -0.05) is 78.1 Å². The number of unbranched alkanes of at least 4 members (excludes halogenated alkanes) is 10. The Labute approximate surface area is 171 Å². The van der Waals surface area contributed by atoms with E-state index in [2.05, 4.69) is 26.0 Å². The lowest BCUT2D eigenvalue weighted by Gasteiger charge is -2.13. The van der Waals surface area contributed by atoms with Crippen molar-refractivity contribution in [2.45, 2.75) is 90.9 Å². The molecule has 0 saturated heterocycles. The van der Waals surface area contributed by atoms with Crippen LogP contribution in [-0.2, 0) is 0 Å². The van der Waals surface area contributed by atoms with Crippen molar-refractivity contribution < 1.29 is 9.47 Å². The van der Waals surface area contributed by atoms with E-state index in [4.69, 9.17) is 9.47 Å². The average molecular weight is 385 g/mol. The third kappa shape index (κ3) is 9.65. The second-order valence-electron chi connectivity index (χ2n) is 7.30. The molecule has 0 atom stereocenters. The Balaban J connectivity index is 2.52. The SMILES string of the molecule is CCCCCCCCOc1cc(OCCCCCCCC)c(C#N)cc1C#N. The van der Waals surface area contributed by atoms with Crippen molar-refractivity contribution in [1.82, 2.24) is 0 Å². The minimum atomic E-state index is 0.398. The normalized spacial score (nSPS) is 10.3. The highest BCUT2D eigenvalue weighted by molar-refractivity contribution is 5.56. The van der Waals surface area contributed by atoms with Gasteiger partial charge in [0.2, 0.25) is 0 Å². The lowest BCUT2D eigenvalue weighted by Crippen LogP contribution is -2.03. The maximum Gasteiger partial charge on any atom is 0.140 e. The van der Waals surface area contributed by atoms with E-state index in [9.17, 15) is 10.5 Å². The van der Waals surface area contributed by atoms with Crippen LogP contribution in [0.4, 0.5) is 0 Å². The molecule has 0 amide bonds. The number of rotatable bonds is 16. The molecule has 1 aromatic carbocycles. The van der Waals surface area contributed by atoms with E-state index in [0.717, 1.165) is 25.7 Å². The third-order valence-electron chi connectivity index (χ3n) is 4.83. The Hall–Kier alpha value is -2.20. The molecule has 1 rings (SSSR count). The molecule has 0 saturated carbocycles. The van der Waals surface area contributed by atoms with Gasteiger partial charge in [0.1, 0.15) is 23.6 Å². The molecule has 0 N–H and O–H groups in total. The van der Waals surface area contributed by atoms with Gasteiger partial charge < -0.3 is 9.47 Å². The van der Waals surface area contributed by atoms with Crippen LogP contribution >= 0.6 is 0 Å². The van der Waals surface area contributed by atoms with Crippen LogP contribution in [0.1, 0.15) is 102 Å². The van der Waals surface area contributed by atoms with Crippen LogP contribution in [-0.4, -0.2) is 13.2 Å². The zero-order valence-electron chi connectivity index (χ0n) is 17.8. The predicted molar refractivity (Wildman–Crippen MR) is 114 cm³/mol. The first-order chi connectivity index (χ1) is 13.8. The Morgan fingerprint density at radius 3 is 1.39 bits per heavy atom. The Bertz CT molecular complexity index is 577. The van der Waals surface area contributed by atoms with Gasteiger partial charge in [-0.05, 0) is 18.9 Å². The zero-order chi connectivity index (χ0) is 20.5. The number of hydrogen-bond acceptors (Lipinski definition) is 4. The number of hydrogen-bond donors (Lipinski definition) is 0. The fourth-order valence-corrected chi connectivity index (χ4v) is 3.10. The van der Waals surface area contributed by atoms with Crippen LogP contribution in [0.2, 0.25) is 0 Å². The first kappa shape index (κ1) is 23.8. The first-order valence-electron chi connectivity index (χ1n) is 11.0. The number of nitriles is 2. The topological polar surface area (TPSA) is 66.0 Å². The average Bonchev–Trinajstić information content (AvgIpc) is 2.72. The predicted octanol–water partition coefficient (Wildman–Crippen LogP) is 6.91. The number of ether oxygens (including phenoxy) is 2. The van der Waals surface area contributed by atoms with E-state index in [1.54, 1.807) is 12.1 Å². The van der Waals surface area contributed by atoms with Crippen LogP contribution in [0.25, 0.3) is 0 Å². The summed E-state index contributed by atoms with van der Waals surface area (Å²) in [5.74, 6) is 1.04. The van der Waals surface area contributed by atoms with Crippen LogP contribution in [0.5, 0.6) is 11.5 Å². The molecule has 0 aliphatic heterocycles. The van der Waals surface area contributed by atoms with Gasteiger partial charge in [-0.3, -0.25) is 0 Å². The summed E-state index contributed by atoms with van der Waals surface area (Å²) >= 11 is 0. The second-order valence-corrected chi connectivity index (χ2v) is 7.30. The van der Waals surface area contributed by atoms with Crippen molar-refractivity contribution in [3.8, 4) is 23.6 Å². The van der Waals surface area contributed by atoms with E-state index >= 15 is 0 Å². The minimum absolute atomic E-state index is 0.398. The maximum atomic E-state index is 9.37. The van der Waals surface area contributed by atoms with Crippen molar-refractivity contribution in [2.24, 2.45) is 0 Å². The fourth-order valence-electron chi connectivity index (χ4n) is 3.10. The van der Waals surface area contributed by atoms with Crippen LogP contribution in [0.3, 0.4) is 0 Å². The largest absolute Gasteiger partial charge is 0.492 e. The molecule has 0 fully saturated rings. The smallest absolute Gasteiger partial charge is 0.140 e. The summed E-state index contributed by atoms with van der Waals surface area (Å²) in [6.07, 6.45) is 14.3. The molecule has 0 radical (unpaired) electrons. The molecule has 28 heavy (non-hydrogen) atoms. The van der Waals surface area contributed by atoms with Gasteiger partial charge in [0.25, 0.3) is 0 Å². The number of benzene rings is 1. The second kappa shape index (κ2) is 15.8. The van der Waals surface area contributed by atoms with E-state index in [-0.39, 0.29) is 0 Å².